The molecular weight excluding hydrogens is 268 g/mol. The molecule has 2 heterocycles. The summed E-state index contributed by atoms with van der Waals surface area (Å²) in [6.45, 7) is 0.799. The Bertz CT molecular complexity index is 496. The highest BCUT2D eigenvalue weighted by atomic mass is 35.5. The summed E-state index contributed by atoms with van der Waals surface area (Å²) in [7, 11) is 0. The summed E-state index contributed by atoms with van der Waals surface area (Å²) in [5, 5.41) is 4.64. The summed E-state index contributed by atoms with van der Waals surface area (Å²) in [6, 6.07) is 1.02. The normalized spacial score (nSPS) is 23.6. The van der Waals surface area contributed by atoms with Gasteiger partial charge in [0.15, 0.2) is 0 Å². The van der Waals surface area contributed by atoms with Crippen molar-refractivity contribution in [2.75, 3.05) is 0 Å². The van der Waals surface area contributed by atoms with Crippen LogP contribution in [0.2, 0.25) is 4.34 Å². The van der Waals surface area contributed by atoms with Gasteiger partial charge in [0, 0.05) is 31.0 Å². The number of thiazole rings is 1. The number of rotatable bonds is 4. The van der Waals surface area contributed by atoms with Crippen LogP contribution in [0.4, 0.5) is 0 Å². The van der Waals surface area contributed by atoms with E-state index in [2.05, 4.69) is 19.9 Å². The van der Waals surface area contributed by atoms with Crippen LogP contribution in [0.15, 0.2) is 24.9 Å². The van der Waals surface area contributed by atoms with E-state index in [1.807, 2.05) is 18.7 Å². The smallest absolute Gasteiger partial charge is 0.113 e. The first-order chi connectivity index (χ1) is 8.83. The molecule has 0 bridgehead atoms. The maximum atomic E-state index is 5.88. The number of imidazole rings is 1. The predicted octanol–water partition coefficient (Wildman–Crippen LogP) is 2.88. The Hall–Kier alpha value is -0.910. The van der Waals surface area contributed by atoms with Gasteiger partial charge in [-0.2, -0.15) is 0 Å². The van der Waals surface area contributed by atoms with Gasteiger partial charge in [0.2, 0.25) is 0 Å². The van der Waals surface area contributed by atoms with Crippen molar-refractivity contribution in [2.45, 2.75) is 37.9 Å². The summed E-state index contributed by atoms with van der Waals surface area (Å²) in [5.74, 6) is 0. The number of hydrogen-bond acceptors (Lipinski definition) is 4. The van der Waals surface area contributed by atoms with Crippen LogP contribution in [0.3, 0.4) is 0 Å². The average molecular weight is 283 g/mol. The van der Waals surface area contributed by atoms with Crippen molar-refractivity contribution in [3.63, 3.8) is 0 Å². The van der Waals surface area contributed by atoms with Crippen LogP contribution in [-0.2, 0) is 6.54 Å². The zero-order chi connectivity index (χ0) is 12.4. The molecule has 0 aliphatic heterocycles. The van der Waals surface area contributed by atoms with Crippen LogP contribution in [-0.4, -0.2) is 20.6 Å². The molecule has 1 fully saturated rings. The van der Waals surface area contributed by atoms with Crippen molar-refractivity contribution in [3.05, 3.63) is 34.3 Å². The zero-order valence-corrected chi connectivity index (χ0v) is 11.5. The Balaban J connectivity index is 1.62. The highest BCUT2D eigenvalue weighted by molar-refractivity contribution is 7.15. The molecule has 6 heteroatoms. The molecule has 0 amide bonds. The average Bonchev–Trinajstić information content (AvgIpc) is 3.07. The molecule has 0 aromatic carbocycles. The van der Waals surface area contributed by atoms with Gasteiger partial charge < -0.3 is 9.88 Å². The second-order valence-corrected chi connectivity index (χ2v) is 6.30. The standard InChI is InChI=1S/C12H15ClN4S/c13-11-6-16-12(18-11)7-15-9-2-1-3-10(9)17-5-4-14-8-17/h4-6,8-10,15H,1-3,7H2. The highest BCUT2D eigenvalue weighted by Gasteiger charge is 2.27. The van der Waals surface area contributed by atoms with E-state index in [0.717, 1.165) is 15.9 Å². The first-order valence-electron chi connectivity index (χ1n) is 6.14. The minimum atomic E-state index is 0.502. The first kappa shape index (κ1) is 12.1. The Morgan fingerprint density at radius 2 is 2.44 bits per heavy atom. The number of nitrogens with zero attached hydrogens (tertiary/aromatic N) is 3. The summed E-state index contributed by atoms with van der Waals surface area (Å²) >= 11 is 7.42. The second kappa shape index (κ2) is 5.38. The molecule has 1 saturated carbocycles. The number of halogens is 1. The molecule has 3 rings (SSSR count). The van der Waals surface area contributed by atoms with Crippen molar-refractivity contribution in [3.8, 4) is 0 Å². The first-order valence-corrected chi connectivity index (χ1v) is 7.33. The van der Waals surface area contributed by atoms with E-state index in [4.69, 9.17) is 11.6 Å². The van der Waals surface area contributed by atoms with E-state index in [9.17, 15) is 0 Å². The third-order valence-electron chi connectivity index (χ3n) is 3.43. The van der Waals surface area contributed by atoms with Crippen molar-refractivity contribution in [1.29, 1.82) is 0 Å². The van der Waals surface area contributed by atoms with Crippen molar-refractivity contribution in [2.24, 2.45) is 0 Å². The molecule has 1 aliphatic rings. The van der Waals surface area contributed by atoms with Gasteiger partial charge in [-0.05, 0) is 19.3 Å². The molecule has 1 N–H and O–H groups in total. The summed E-state index contributed by atoms with van der Waals surface area (Å²) < 4.78 is 2.96. The van der Waals surface area contributed by atoms with Crippen LogP contribution >= 0.6 is 22.9 Å². The fourth-order valence-electron chi connectivity index (χ4n) is 2.59. The lowest BCUT2D eigenvalue weighted by molar-refractivity contribution is 0.390. The molecular formula is C12H15ClN4S. The molecule has 2 aromatic heterocycles. The zero-order valence-electron chi connectivity index (χ0n) is 9.92. The molecule has 2 aromatic rings. The Morgan fingerprint density at radius 1 is 1.50 bits per heavy atom. The third-order valence-corrected chi connectivity index (χ3v) is 4.54. The van der Waals surface area contributed by atoms with E-state index in [0.29, 0.717) is 12.1 Å². The van der Waals surface area contributed by atoms with Crippen LogP contribution in [0.1, 0.15) is 30.3 Å². The molecule has 2 atom stereocenters. The van der Waals surface area contributed by atoms with Crippen LogP contribution < -0.4 is 5.32 Å². The highest BCUT2D eigenvalue weighted by Crippen LogP contribution is 2.30. The predicted molar refractivity (Wildman–Crippen MR) is 72.9 cm³/mol. The molecule has 0 radical (unpaired) electrons. The maximum Gasteiger partial charge on any atom is 0.113 e. The molecule has 2 unspecified atom stereocenters. The van der Waals surface area contributed by atoms with Gasteiger partial charge in [-0.3, -0.25) is 0 Å². The molecule has 1 aliphatic carbocycles. The summed E-state index contributed by atoms with van der Waals surface area (Å²) in [5.41, 5.74) is 0. The fourth-order valence-corrected chi connectivity index (χ4v) is 3.50. The number of hydrogen-bond donors (Lipinski definition) is 1. The van der Waals surface area contributed by atoms with Gasteiger partial charge in [-0.1, -0.05) is 11.6 Å². The monoisotopic (exact) mass is 282 g/mol. The third kappa shape index (κ3) is 2.58. The Morgan fingerprint density at radius 3 is 3.17 bits per heavy atom. The number of aromatic nitrogens is 3. The van der Waals surface area contributed by atoms with Gasteiger partial charge in [-0.25, -0.2) is 9.97 Å². The summed E-state index contributed by atoms with van der Waals surface area (Å²) in [4.78, 5) is 8.40. The lowest BCUT2D eigenvalue weighted by Crippen LogP contribution is -2.33. The van der Waals surface area contributed by atoms with E-state index >= 15 is 0 Å². The lowest BCUT2D eigenvalue weighted by Gasteiger charge is -2.21. The molecule has 0 spiro atoms. The van der Waals surface area contributed by atoms with E-state index < -0.39 is 0 Å². The van der Waals surface area contributed by atoms with Crippen molar-refractivity contribution < 1.29 is 0 Å². The van der Waals surface area contributed by atoms with Gasteiger partial charge in [0.1, 0.15) is 9.34 Å². The van der Waals surface area contributed by atoms with Gasteiger partial charge in [0.05, 0.1) is 12.5 Å². The van der Waals surface area contributed by atoms with Crippen molar-refractivity contribution >= 4 is 22.9 Å². The van der Waals surface area contributed by atoms with Gasteiger partial charge in [0.25, 0.3) is 0 Å². The second-order valence-electron chi connectivity index (χ2n) is 4.55. The lowest BCUT2D eigenvalue weighted by atomic mass is 10.1. The maximum absolute atomic E-state index is 5.88. The van der Waals surface area contributed by atoms with Gasteiger partial charge in [-0.15, -0.1) is 11.3 Å². The van der Waals surface area contributed by atoms with Crippen LogP contribution in [0.5, 0.6) is 0 Å². The quantitative estimate of drug-likeness (QED) is 0.938. The fraction of sp³-hybridized carbons (Fsp3) is 0.500. The van der Waals surface area contributed by atoms with E-state index in [1.54, 1.807) is 17.5 Å². The SMILES string of the molecule is Clc1cnc(CNC2CCCC2n2ccnc2)s1. The molecule has 18 heavy (non-hydrogen) atoms. The van der Waals surface area contributed by atoms with E-state index in [-0.39, 0.29) is 0 Å². The largest absolute Gasteiger partial charge is 0.333 e. The van der Waals surface area contributed by atoms with Gasteiger partial charge >= 0.3 is 0 Å². The molecule has 96 valence electrons. The molecule has 4 nitrogen and oxygen atoms in total. The topological polar surface area (TPSA) is 42.7 Å². The minimum Gasteiger partial charge on any atom is -0.333 e. The Labute approximate surface area is 115 Å². The number of nitrogens with one attached hydrogen (secondary N) is 1. The van der Waals surface area contributed by atoms with Crippen molar-refractivity contribution in [1.82, 2.24) is 19.9 Å². The molecule has 0 saturated heterocycles. The Kier molecular flexibility index (Phi) is 3.63. The van der Waals surface area contributed by atoms with Crippen LogP contribution in [0, 0.1) is 0 Å². The van der Waals surface area contributed by atoms with Crippen LogP contribution in [0.25, 0.3) is 0 Å². The van der Waals surface area contributed by atoms with E-state index in [1.165, 1.54) is 19.3 Å². The summed E-state index contributed by atoms with van der Waals surface area (Å²) in [6.07, 6.45) is 11.2. The minimum absolute atomic E-state index is 0.502.